The first-order valence-corrected chi connectivity index (χ1v) is 10.9. The van der Waals surface area contributed by atoms with Crippen LogP contribution < -0.4 is 31.5 Å². The van der Waals surface area contributed by atoms with Crippen molar-refractivity contribution in [3.05, 3.63) is 96.0 Å². The predicted molar refractivity (Wildman–Crippen MR) is 128 cm³/mol. The molecule has 0 saturated carbocycles. The SMILES string of the molecule is C=c1cc(OC)c(OCc2cccs2)c/c1=c1/c(=C\N)n(C)c(=O)n1-c1ccc(C#N)cc1. The second-order valence-corrected chi connectivity index (χ2v) is 8.30. The Balaban J connectivity index is 2.07. The summed E-state index contributed by atoms with van der Waals surface area (Å²) in [6.07, 6.45) is 1.40. The first-order valence-electron chi connectivity index (χ1n) is 10.0. The van der Waals surface area contributed by atoms with Crippen LogP contribution in [-0.2, 0) is 13.7 Å². The lowest BCUT2D eigenvalue weighted by molar-refractivity contribution is 0.287. The molecule has 0 aliphatic heterocycles. The summed E-state index contributed by atoms with van der Waals surface area (Å²) in [5, 5.41) is 13.5. The van der Waals surface area contributed by atoms with Gasteiger partial charge in [0.15, 0.2) is 11.5 Å². The van der Waals surface area contributed by atoms with Gasteiger partial charge in [0.25, 0.3) is 0 Å². The van der Waals surface area contributed by atoms with Crippen LogP contribution in [0.3, 0.4) is 0 Å². The van der Waals surface area contributed by atoms with E-state index < -0.39 is 0 Å². The minimum absolute atomic E-state index is 0.275. The fourth-order valence-corrected chi connectivity index (χ4v) is 4.25. The molecule has 2 aromatic carbocycles. The van der Waals surface area contributed by atoms with Crippen LogP contribution in [0.25, 0.3) is 18.5 Å². The van der Waals surface area contributed by atoms with Gasteiger partial charge in [0.05, 0.1) is 35.1 Å². The van der Waals surface area contributed by atoms with E-state index >= 15 is 0 Å². The first kappa shape index (κ1) is 22.0. The summed E-state index contributed by atoms with van der Waals surface area (Å²) in [6, 6.07) is 16.4. The molecule has 166 valence electrons. The molecule has 7 nitrogen and oxygen atoms in total. The third kappa shape index (κ3) is 4.02. The highest BCUT2D eigenvalue weighted by Crippen LogP contribution is 2.26. The van der Waals surface area contributed by atoms with Gasteiger partial charge in [0.2, 0.25) is 0 Å². The van der Waals surface area contributed by atoms with Gasteiger partial charge in [-0.2, -0.15) is 5.26 Å². The number of nitriles is 1. The monoisotopic (exact) mass is 458 g/mol. The Labute approximate surface area is 193 Å². The van der Waals surface area contributed by atoms with E-state index in [0.29, 0.717) is 50.5 Å². The zero-order valence-electron chi connectivity index (χ0n) is 18.2. The standard InChI is InChI=1S/C25H22N4O3S/c1-16-11-22(31-3)23(32-15-19-5-4-10-33-19)12-20(16)24-21(14-27)28(2)25(30)29(24)18-8-6-17(13-26)7-9-18/h4-12,14H,1,15,27H2,2-3H3/b21-14+,24-20+. The molecule has 4 rings (SSSR count). The van der Waals surface area contributed by atoms with E-state index in [1.165, 1.54) is 10.8 Å². The first-order chi connectivity index (χ1) is 16.0. The van der Waals surface area contributed by atoms with Gasteiger partial charge < -0.3 is 15.2 Å². The maximum atomic E-state index is 13.2. The van der Waals surface area contributed by atoms with Gasteiger partial charge in [-0.1, -0.05) is 12.6 Å². The van der Waals surface area contributed by atoms with Crippen LogP contribution >= 0.6 is 11.3 Å². The average Bonchev–Trinajstić information content (AvgIpc) is 3.44. The molecule has 0 aliphatic rings. The number of benzene rings is 2. The zero-order chi connectivity index (χ0) is 23.5. The van der Waals surface area contributed by atoms with Crippen LogP contribution in [-0.4, -0.2) is 16.2 Å². The lowest BCUT2D eigenvalue weighted by atomic mass is 10.2. The number of nitrogens with zero attached hydrogens (tertiary/aromatic N) is 3. The Bertz CT molecular complexity index is 1610. The van der Waals surface area contributed by atoms with E-state index in [9.17, 15) is 4.79 Å². The molecule has 0 atom stereocenters. The van der Waals surface area contributed by atoms with Gasteiger partial charge in [-0.15, -0.1) is 11.3 Å². The summed E-state index contributed by atoms with van der Waals surface area (Å²) in [5.74, 6) is 1.07. The van der Waals surface area contributed by atoms with Gasteiger partial charge >= 0.3 is 5.69 Å². The summed E-state index contributed by atoms with van der Waals surface area (Å²) in [4.78, 5) is 14.3. The van der Waals surface area contributed by atoms with Crippen LogP contribution in [0.2, 0.25) is 0 Å². The summed E-state index contributed by atoms with van der Waals surface area (Å²) in [6.45, 7) is 4.56. The van der Waals surface area contributed by atoms with Crippen LogP contribution in [0.15, 0.2) is 58.7 Å². The molecule has 0 saturated heterocycles. The van der Waals surface area contributed by atoms with Gasteiger partial charge in [-0.05, 0) is 53.1 Å². The lowest BCUT2D eigenvalue weighted by Crippen LogP contribution is -2.26. The van der Waals surface area contributed by atoms with Gasteiger partial charge in [-0.25, -0.2) is 4.79 Å². The second kappa shape index (κ2) is 9.10. The van der Waals surface area contributed by atoms with Gasteiger partial charge in [0, 0.05) is 23.3 Å². The Morgan fingerprint density at radius 2 is 1.97 bits per heavy atom. The Morgan fingerprint density at radius 1 is 1.21 bits per heavy atom. The molecule has 0 aliphatic carbocycles. The van der Waals surface area contributed by atoms with Gasteiger partial charge in [-0.3, -0.25) is 9.13 Å². The molecule has 0 fully saturated rings. The van der Waals surface area contributed by atoms with Crippen LogP contribution in [0, 0.1) is 21.9 Å². The Morgan fingerprint density at radius 3 is 2.58 bits per heavy atom. The topological polar surface area (TPSA) is 95.2 Å². The lowest BCUT2D eigenvalue weighted by Gasteiger charge is -2.10. The van der Waals surface area contributed by atoms with E-state index in [1.807, 2.05) is 23.6 Å². The molecule has 2 N–H and O–H groups in total. The highest BCUT2D eigenvalue weighted by molar-refractivity contribution is 7.09. The average molecular weight is 459 g/mol. The van der Waals surface area contributed by atoms with Crippen LogP contribution in [0.4, 0.5) is 0 Å². The minimum Gasteiger partial charge on any atom is -0.493 e. The maximum Gasteiger partial charge on any atom is 0.333 e. The van der Waals surface area contributed by atoms with Crippen LogP contribution in [0.1, 0.15) is 10.4 Å². The zero-order valence-corrected chi connectivity index (χ0v) is 19.1. The van der Waals surface area contributed by atoms with Crippen molar-refractivity contribution >= 4 is 24.1 Å². The van der Waals surface area contributed by atoms with Crippen molar-refractivity contribution in [3.63, 3.8) is 0 Å². The quantitative estimate of drug-likeness (QED) is 0.494. The number of imidazole rings is 1. The summed E-state index contributed by atoms with van der Waals surface area (Å²) in [7, 11) is 3.23. The molecule has 0 amide bonds. The van der Waals surface area contributed by atoms with E-state index in [4.69, 9.17) is 20.5 Å². The Kier molecular flexibility index (Phi) is 6.07. The number of nitrogens with two attached hydrogens (primary N) is 1. The number of rotatable bonds is 5. The van der Waals surface area contributed by atoms with Crippen molar-refractivity contribution in [2.75, 3.05) is 7.11 Å². The normalized spacial score (nSPS) is 12.5. The van der Waals surface area contributed by atoms with Crippen molar-refractivity contribution in [1.82, 2.24) is 9.13 Å². The second-order valence-electron chi connectivity index (χ2n) is 7.26. The number of hydrogen-bond donors (Lipinski definition) is 1. The van der Waals surface area contributed by atoms with Gasteiger partial charge in [0.1, 0.15) is 6.61 Å². The van der Waals surface area contributed by atoms with E-state index in [1.54, 1.807) is 60.4 Å². The Hall–Kier alpha value is -4.22. The van der Waals surface area contributed by atoms with Crippen molar-refractivity contribution in [3.8, 4) is 23.3 Å². The molecule has 0 bridgehead atoms. The van der Waals surface area contributed by atoms with Crippen LogP contribution in [0.5, 0.6) is 11.5 Å². The highest BCUT2D eigenvalue weighted by Gasteiger charge is 2.13. The summed E-state index contributed by atoms with van der Waals surface area (Å²) in [5.41, 5.74) is 6.78. The van der Waals surface area contributed by atoms with E-state index in [-0.39, 0.29) is 5.69 Å². The fourth-order valence-electron chi connectivity index (χ4n) is 3.63. The third-order valence-corrected chi connectivity index (χ3v) is 6.16. The molecule has 2 aromatic heterocycles. The maximum absolute atomic E-state index is 13.2. The van der Waals surface area contributed by atoms with Crippen molar-refractivity contribution in [2.24, 2.45) is 12.8 Å². The highest BCUT2D eigenvalue weighted by atomic mass is 32.1. The summed E-state index contributed by atoms with van der Waals surface area (Å²) < 4.78 is 14.6. The molecular weight excluding hydrogens is 436 g/mol. The van der Waals surface area contributed by atoms with Crippen molar-refractivity contribution in [1.29, 1.82) is 5.26 Å². The molecule has 8 heteroatoms. The smallest absolute Gasteiger partial charge is 0.333 e. The number of thiophene rings is 1. The summed E-state index contributed by atoms with van der Waals surface area (Å²) >= 11 is 1.60. The molecule has 33 heavy (non-hydrogen) atoms. The number of methoxy groups -OCH3 is 1. The van der Waals surface area contributed by atoms with E-state index in [0.717, 1.165) is 4.88 Å². The molecule has 2 heterocycles. The fraction of sp³-hybridized carbons (Fsp3) is 0.120. The molecular formula is C25H22N4O3S. The number of ether oxygens (including phenoxy) is 2. The third-order valence-electron chi connectivity index (χ3n) is 5.31. The molecule has 0 radical (unpaired) electrons. The largest absolute Gasteiger partial charge is 0.493 e. The molecule has 0 unspecified atom stereocenters. The van der Waals surface area contributed by atoms with Crippen molar-refractivity contribution < 1.29 is 9.47 Å². The molecule has 0 spiro atoms. The predicted octanol–water partition coefficient (Wildman–Crippen LogP) is 2.09. The van der Waals surface area contributed by atoms with E-state index in [2.05, 4.69) is 12.6 Å². The number of aromatic nitrogens is 2. The molecule has 4 aromatic rings. The van der Waals surface area contributed by atoms with Crippen molar-refractivity contribution in [2.45, 2.75) is 6.61 Å². The number of hydrogen-bond acceptors (Lipinski definition) is 6. The minimum atomic E-state index is -0.275.